The smallest absolute Gasteiger partial charge is 0.444 e. The molecule has 194 valence electrons. The molecule has 1 unspecified atom stereocenters. The lowest BCUT2D eigenvalue weighted by Crippen LogP contribution is -2.41. The molecule has 0 spiro atoms. The lowest BCUT2D eigenvalue weighted by atomic mass is 9.78. The van der Waals surface area contributed by atoms with Gasteiger partial charge in [-0.25, -0.2) is 9.78 Å². The zero-order chi connectivity index (χ0) is 26.2. The molecule has 0 bridgehead atoms. The highest BCUT2D eigenvalue weighted by atomic mass is 16.7. The summed E-state index contributed by atoms with van der Waals surface area (Å²) in [4.78, 5) is 18.8. The number of ether oxygens (including phenoxy) is 2. The molecule has 1 atom stereocenters. The molecule has 0 radical (unpaired) electrons. The number of para-hydroxylation sites is 1. The van der Waals surface area contributed by atoms with Crippen LogP contribution in [-0.4, -0.2) is 82.5 Å². The molecular weight excluding hydrogens is 449 g/mol. The monoisotopic (exact) mass is 489 g/mol. The van der Waals surface area contributed by atoms with Crippen LogP contribution in [0.2, 0.25) is 0 Å². The average molecular weight is 489 g/mol. The number of aliphatic hydroxyl groups is 1. The van der Waals surface area contributed by atoms with Crippen LogP contribution < -0.4 is 5.46 Å². The van der Waals surface area contributed by atoms with Gasteiger partial charge >= 0.3 is 13.2 Å². The van der Waals surface area contributed by atoms with Gasteiger partial charge in [-0.1, -0.05) is 12.1 Å². The minimum Gasteiger partial charge on any atom is -0.444 e. The Bertz CT molecular complexity index is 1030. The summed E-state index contributed by atoms with van der Waals surface area (Å²) in [5.74, 6) is 0.807. The van der Waals surface area contributed by atoms with Crippen LogP contribution in [0.5, 0.6) is 0 Å². The molecule has 2 aromatic rings. The van der Waals surface area contributed by atoms with E-state index in [1.807, 2.05) is 73.6 Å². The predicted octanol–water partition coefficient (Wildman–Crippen LogP) is 2.89. The highest BCUT2D eigenvalue weighted by Gasteiger charge is 2.52. The molecule has 3 rings (SSSR count). The number of imidazole rings is 1. The van der Waals surface area contributed by atoms with Crippen molar-refractivity contribution in [3.63, 3.8) is 0 Å². The van der Waals surface area contributed by atoms with Crippen LogP contribution in [0.3, 0.4) is 0 Å². The number of aryl methyl sites for hydroxylation is 1. The lowest BCUT2D eigenvalue weighted by Gasteiger charge is -2.32. The molecule has 0 aliphatic carbocycles. The fourth-order valence-electron chi connectivity index (χ4n) is 4.02. The number of carbonyl (C=O) groups excluding carboxylic acids is 1. The average Bonchev–Trinajstić information content (AvgIpc) is 3.15. The van der Waals surface area contributed by atoms with Crippen LogP contribution in [0, 0.1) is 6.92 Å². The second-order valence-electron chi connectivity index (χ2n) is 11.2. The van der Waals surface area contributed by atoms with Gasteiger partial charge in [-0.15, -0.1) is 0 Å². The minimum atomic E-state index is -0.596. The van der Waals surface area contributed by atoms with Crippen LogP contribution in [0.15, 0.2) is 18.2 Å². The number of rotatable bonds is 8. The number of hydrogen-bond acceptors (Lipinski definition) is 7. The normalized spacial score (nSPS) is 18.2. The molecule has 1 amide bonds. The Morgan fingerprint density at radius 3 is 2.43 bits per heavy atom. The first-order valence-electron chi connectivity index (χ1n) is 12.1. The number of benzene rings is 1. The van der Waals surface area contributed by atoms with Crippen molar-refractivity contribution in [2.45, 2.75) is 84.8 Å². The van der Waals surface area contributed by atoms with E-state index >= 15 is 0 Å². The van der Waals surface area contributed by atoms with Crippen molar-refractivity contribution in [1.82, 2.24) is 14.5 Å². The van der Waals surface area contributed by atoms with Gasteiger partial charge in [0.1, 0.15) is 11.4 Å². The summed E-state index contributed by atoms with van der Waals surface area (Å²) < 4.78 is 26.2. The number of likely N-dealkylation sites (N-methyl/N-ethyl adjacent to an activating group) is 1. The summed E-state index contributed by atoms with van der Waals surface area (Å²) >= 11 is 0. The number of hydrogen-bond donors (Lipinski definition) is 1. The van der Waals surface area contributed by atoms with Crippen LogP contribution in [0.1, 0.15) is 54.3 Å². The van der Waals surface area contributed by atoms with Gasteiger partial charge in [0.15, 0.2) is 0 Å². The topological polar surface area (TPSA) is 95.3 Å². The molecule has 0 saturated carbocycles. The number of aromatic nitrogens is 2. The van der Waals surface area contributed by atoms with Gasteiger partial charge in [0.05, 0.1) is 54.6 Å². The molecular formula is C25H40BN3O6. The number of amides is 1. The van der Waals surface area contributed by atoms with Crippen LogP contribution in [-0.2, 0) is 25.3 Å². The van der Waals surface area contributed by atoms with Gasteiger partial charge in [0.2, 0.25) is 0 Å². The van der Waals surface area contributed by atoms with E-state index in [4.69, 9.17) is 23.8 Å². The number of aliphatic hydroxyl groups excluding tert-OH is 1. The van der Waals surface area contributed by atoms with E-state index in [1.165, 1.54) is 4.90 Å². The Hall–Kier alpha value is -2.14. The molecule has 1 aliphatic rings. The number of fused-ring (bicyclic) bond motifs is 1. The van der Waals surface area contributed by atoms with E-state index in [9.17, 15) is 9.90 Å². The summed E-state index contributed by atoms with van der Waals surface area (Å²) in [7, 11) is 1.14. The lowest BCUT2D eigenvalue weighted by molar-refractivity contribution is -0.0105. The summed E-state index contributed by atoms with van der Waals surface area (Å²) in [5.41, 5.74) is 1.09. The fraction of sp³-hybridized carbons (Fsp3) is 0.680. The molecule has 2 heterocycles. The van der Waals surface area contributed by atoms with Gasteiger partial charge in [-0.3, -0.25) is 0 Å². The van der Waals surface area contributed by atoms with Crippen LogP contribution >= 0.6 is 0 Å². The van der Waals surface area contributed by atoms with E-state index in [0.717, 1.165) is 22.3 Å². The molecule has 1 fully saturated rings. The third-order valence-electron chi connectivity index (χ3n) is 6.51. The molecule has 1 N–H and O–H groups in total. The second-order valence-corrected chi connectivity index (χ2v) is 11.2. The van der Waals surface area contributed by atoms with Crippen molar-refractivity contribution < 1.29 is 28.7 Å². The van der Waals surface area contributed by atoms with Crippen molar-refractivity contribution in [1.29, 1.82) is 0 Å². The molecule has 1 aliphatic heterocycles. The second kappa shape index (κ2) is 10.1. The highest BCUT2D eigenvalue weighted by Crippen LogP contribution is 2.37. The number of nitrogens with zero attached hydrogens (tertiary/aromatic N) is 3. The zero-order valence-electron chi connectivity index (χ0n) is 22.5. The molecule has 9 nitrogen and oxygen atoms in total. The van der Waals surface area contributed by atoms with E-state index in [-0.39, 0.29) is 19.8 Å². The Balaban J connectivity index is 1.92. The van der Waals surface area contributed by atoms with E-state index in [0.29, 0.717) is 6.54 Å². The molecule has 1 aromatic heterocycles. The SMILES string of the molecule is Cc1nc2cccc(B3OC(C)(C)C(C)(C)O3)c2n1CC(CN(C)C(=O)OC(C)(C)C)OCCO. The van der Waals surface area contributed by atoms with Crippen molar-refractivity contribution in [2.75, 3.05) is 26.8 Å². The van der Waals surface area contributed by atoms with Crippen LogP contribution in [0.25, 0.3) is 11.0 Å². The van der Waals surface area contributed by atoms with Gasteiger partial charge in [0, 0.05) is 12.5 Å². The van der Waals surface area contributed by atoms with Crippen molar-refractivity contribution in [3.8, 4) is 0 Å². The van der Waals surface area contributed by atoms with Crippen molar-refractivity contribution in [2.24, 2.45) is 0 Å². The minimum absolute atomic E-state index is 0.116. The third kappa shape index (κ3) is 6.17. The van der Waals surface area contributed by atoms with Gasteiger partial charge in [-0.05, 0) is 61.5 Å². The third-order valence-corrected chi connectivity index (χ3v) is 6.51. The fourth-order valence-corrected chi connectivity index (χ4v) is 4.02. The van der Waals surface area contributed by atoms with Crippen molar-refractivity contribution >= 4 is 29.7 Å². The molecule has 35 heavy (non-hydrogen) atoms. The maximum atomic E-state index is 12.5. The van der Waals surface area contributed by atoms with Gasteiger partial charge in [0.25, 0.3) is 0 Å². The first kappa shape index (κ1) is 27.5. The van der Waals surface area contributed by atoms with E-state index in [1.54, 1.807) is 7.05 Å². The Morgan fingerprint density at radius 1 is 1.23 bits per heavy atom. The van der Waals surface area contributed by atoms with Crippen LogP contribution in [0.4, 0.5) is 4.79 Å². The quantitative estimate of drug-likeness (QED) is 0.570. The van der Waals surface area contributed by atoms with Gasteiger partial charge in [-0.2, -0.15) is 0 Å². The Labute approximate surface area is 208 Å². The van der Waals surface area contributed by atoms with E-state index in [2.05, 4.69) is 4.57 Å². The predicted molar refractivity (Wildman–Crippen MR) is 136 cm³/mol. The maximum absolute atomic E-state index is 12.5. The Morgan fingerprint density at radius 2 is 1.86 bits per heavy atom. The Kier molecular flexibility index (Phi) is 7.91. The standard InChI is InChI=1S/C25H40BN3O6/c1-17-27-20-12-10-11-19(26-34-24(5,6)25(7,8)35-26)21(20)29(17)16-18(32-14-13-30)15-28(9)22(31)33-23(2,3)4/h10-12,18,30H,13-16H2,1-9H3. The van der Waals surface area contributed by atoms with Gasteiger partial charge < -0.3 is 33.4 Å². The van der Waals surface area contributed by atoms with E-state index < -0.39 is 36.1 Å². The van der Waals surface area contributed by atoms with Crippen molar-refractivity contribution in [3.05, 3.63) is 24.0 Å². The summed E-state index contributed by atoms with van der Waals surface area (Å²) in [6.45, 7) is 16.3. The summed E-state index contributed by atoms with van der Waals surface area (Å²) in [5, 5.41) is 9.37. The first-order chi connectivity index (χ1) is 16.1. The molecule has 10 heteroatoms. The summed E-state index contributed by atoms with van der Waals surface area (Å²) in [6.07, 6.45) is -0.831. The molecule has 1 saturated heterocycles. The summed E-state index contributed by atoms with van der Waals surface area (Å²) in [6, 6.07) is 5.91. The highest BCUT2D eigenvalue weighted by molar-refractivity contribution is 6.65. The number of carbonyl (C=O) groups is 1. The zero-order valence-corrected chi connectivity index (χ0v) is 22.5. The largest absolute Gasteiger partial charge is 0.497 e. The first-order valence-corrected chi connectivity index (χ1v) is 12.1. The molecule has 1 aromatic carbocycles. The maximum Gasteiger partial charge on any atom is 0.497 e.